The molecule has 0 spiro atoms. The highest BCUT2D eigenvalue weighted by Crippen LogP contribution is 2.53. The Hall–Kier alpha value is -4.11. The first-order chi connectivity index (χ1) is 18.5. The zero-order valence-corrected chi connectivity index (χ0v) is 21.4. The van der Waals surface area contributed by atoms with Gasteiger partial charge in [-0.25, -0.2) is 9.67 Å². The first kappa shape index (κ1) is 26.5. The van der Waals surface area contributed by atoms with Crippen LogP contribution >= 0.6 is 11.6 Å². The van der Waals surface area contributed by atoms with Crippen LogP contribution in [0.25, 0.3) is 5.82 Å². The molecule has 1 aromatic carbocycles. The molecule has 2 heterocycles. The van der Waals surface area contributed by atoms with Gasteiger partial charge in [0.2, 0.25) is 5.88 Å². The van der Waals surface area contributed by atoms with Crippen molar-refractivity contribution in [3.63, 3.8) is 0 Å². The summed E-state index contributed by atoms with van der Waals surface area (Å²) in [5.74, 6) is -1.30. The smallest absolute Gasteiger partial charge is 0.422 e. The van der Waals surface area contributed by atoms with E-state index in [0.717, 1.165) is 36.4 Å². The van der Waals surface area contributed by atoms with Crippen LogP contribution in [-0.4, -0.2) is 44.9 Å². The van der Waals surface area contributed by atoms with Crippen LogP contribution in [0.4, 0.5) is 18.9 Å². The van der Waals surface area contributed by atoms with Crippen LogP contribution in [-0.2, 0) is 0 Å². The van der Waals surface area contributed by atoms with Gasteiger partial charge in [-0.1, -0.05) is 11.6 Å². The molecule has 2 amide bonds. The molecule has 202 valence electrons. The van der Waals surface area contributed by atoms with Crippen LogP contribution in [0.15, 0.2) is 36.5 Å². The molecule has 0 saturated heterocycles. The fourth-order valence-electron chi connectivity index (χ4n) is 4.52. The van der Waals surface area contributed by atoms with Crippen molar-refractivity contribution in [3.8, 4) is 17.8 Å². The molecular weight excluding hydrogens is 537 g/mol. The molecule has 2 aromatic heterocycles. The molecule has 39 heavy (non-hydrogen) atoms. The number of rotatable bonds is 8. The molecular formula is C26H22ClF3N6O3. The minimum atomic E-state index is -4.63. The quantitative estimate of drug-likeness (QED) is 0.403. The number of aryl methyl sites for hydroxylation is 1. The van der Waals surface area contributed by atoms with Gasteiger partial charge in [0.15, 0.2) is 12.4 Å². The maximum absolute atomic E-state index is 13.5. The molecule has 2 aliphatic rings. The van der Waals surface area contributed by atoms with Gasteiger partial charge in [0.1, 0.15) is 5.69 Å². The Morgan fingerprint density at radius 3 is 2.62 bits per heavy atom. The number of aromatic nitrogens is 3. The number of halogens is 4. The van der Waals surface area contributed by atoms with Crippen molar-refractivity contribution in [2.24, 2.45) is 5.92 Å². The lowest BCUT2D eigenvalue weighted by atomic mass is 10.0. The minimum Gasteiger partial charge on any atom is -0.467 e. The Kier molecular flexibility index (Phi) is 6.72. The molecule has 3 aromatic rings. The molecule has 0 atom stereocenters. The van der Waals surface area contributed by atoms with Gasteiger partial charge < -0.3 is 15.4 Å². The van der Waals surface area contributed by atoms with Gasteiger partial charge in [-0.15, -0.1) is 5.10 Å². The number of carbonyl (C=O) groups is 2. The number of hydrogen-bond acceptors (Lipinski definition) is 6. The highest BCUT2D eigenvalue weighted by atomic mass is 35.5. The lowest BCUT2D eigenvalue weighted by molar-refractivity contribution is -0.154. The number of ether oxygens (including phenoxy) is 1. The summed E-state index contributed by atoms with van der Waals surface area (Å²) in [6.07, 6.45) is 0.567. The van der Waals surface area contributed by atoms with E-state index in [1.165, 1.54) is 30.5 Å². The Bertz CT molecular complexity index is 1510. The molecule has 2 N–H and O–H groups in total. The highest BCUT2D eigenvalue weighted by Gasteiger charge is 2.55. The van der Waals surface area contributed by atoms with Crippen molar-refractivity contribution in [1.82, 2.24) is 20.1 Å². The monoisotopic (exact) mass is 558 g/mol. The summed E-state index contributed by atoms with van der Waals surface area (Å²) in [7, 11) is 0. The molecule has 5 rings (SSSR count). The van der Waals surface area contributed by atoms with Crippen molar-refractivity contribution >= 4 is 29.1 Å². The lowest BCUT2D eigenvalue weighted by Crippen LogP contribution is -2.39. The second kappa shape index (κ2) is 9.89. The van der Waals surface area contributed by atoms with Crippen LogP contribution in [0.1, 0.15) is 57.7 Å². The molecule has 0 aliphatic heterocycles. The summed E-state index contributed by atoms with van der Waals surface area (Å²) in [4.78, 5) is 31.0. The third kappa shape index (κ3) is 5.68. The predicted molar refractivity (Wildman–Crippen MR) is 134 cm³/mol. The van der Waals surface area contributed by atoms with Gasteiger partial charge in [0, 0.05) is 17.8 Å². The van der Waals surface area contributed by atoms with E-state index in [-0.39, 0.29) is 38.9 Å². The van der Waals surface area contributed by atoms with E-state index in [1.807, 2.05) is 6.07 Å². The molecule has 2 aliphatic carbocycles. The highest BCUT2D eigenvalue weighted by molar-refractivity contribution is 6.32. The first-order valence-electron chi connectivity index (χ1n) is 12.1. The summed E-state index contributed by atoms with van der Waals surface area (Å²) in [6, 6.07) is 8.97. The van der Waals surface area contributed by atoms with Gasteiger partial charge in [-0.3, -0.25) is 9.59 Å². The van der Waals surface area contributed by atoms with Crippen molar-refractivity contribution in [2.45, 2.75) is 44.3 Å². The number of pyridine rings is 1. The number of amides is 2. The maximum atomic E-state index is 13.5. The van der Waals surface area contributed by atoms with Gasteiger partial charge in [-0.05, 0) is 68.4 Å². The van der Waals surface area contributed by atoms with E-state index < -0.39 is 30.5 Å². The van der Waals surface area contributed by atoms with E-state index in [4.69, 9.17) is 16.3 Å². The van der Waals surface area contributed by atoms with Crippen LogP contribution < -0.4 is 15.4 Å². The Balaban J connectivity index is 1.49. The van der Waals surface area contributed by atoms with E-state index in [1.54, 1.807) is 6.92 Å². The van der Waals surface area contributed by atoms with Crippen LogP contribution in [0.5, 0.6) is 5.88 Å². The molecule has 9 nitrogen and oxygen atoms in total. The number of benzene rings is 1. The van der Waals surface area contributed by atoms with Gasteiger partial charge >= 0.3 is 6.18 Å². The molecule has 0 unspecified atom stereocenters. The summed E-state index contributed by atoms with van der Waals surface area (Å²) >= 11 is 6.22. The van der Waals surface area contributed by atoms with E-state index in [0.29, 0.717) is 11.5 Å². The number of carbonyl (C=O) groups excluding carboxylic acids is 2. The fraction of sp³-hybridized carbons (Fsp3) is 0.346. The van der Waals surface area contributed by atoms with Crippen LogP contribution in [0.2, 0.25) is 5.02 Å². The SMILES string of the molecule is Cc1cc(C#N)cc(C(=O)NC2(C3CC3)CC2)c1NC(=O)c1cc(OCC(F)(F)F)nn1-c1ncccc1Cl. The summed E-state index contributed by atoms with van der Waals surface area (Å²) < 4.78 is 44.0. The average molecular weight is 559 g/mol. The fourth-order valence-corrected chi connectivity index (χ4v) is 4.72. The van der Waals surface area contributed by atoms with Crippen molar-refractivity contribution in [2.75, 3.05) is 11.9 Å². The molecule has 2 saturated carbocycles. The van der Waals surface area contributed by atoms with Gasteiger partial charge in [0.05, 0.1) is 27.9 Å². The van der Waals surface area contributed by atoms with Gasteiger partial charge in [0.25, 0.3) is 11.8 Å². The zero-order chi connectivity index (χ0) is 27.9. The van der Waals surface area contributed by atoms with Crippen molar-refractivity contribution < 1.29 is 27.5 Å². The number of anilines is 1. The zero-order valence-electron chi connectivity index (χ0n) is 20.6. The van der Waals surface area contributed by atoms with Crippen molar-refractivity contribution in [3.05, 3.63) is 63.9 Å². The van der Waals surface area contributed by atoms with E-state index in [9.17, 15) is 28.0 Å². The molecule has 2 fully saturated rings. The number of alkyl halides is 3. The number of nitrogens with zero attached hydrogens (tertiary/aromatic N) is 4. The summed E-state index contributed by atoms with van der Waals surface area (Å²) in [5.41, 5.74) is 0.440. The number of hydrogen-bond donors (Lipinski definition) is 2. The number of nitrogens with one attached hydrogen (secondary N) is 2. The largest absolute Gasteiger partial charge is 0.467 e. The second-order valence-corrected chi connectivity index (χ2v) is 10.1. The average Bonchev–Trinajstić information content (AvgIpc) is 3.81. The number of nitriles is 1. The Morgan fingerprint density at radius 1 is 1.26 bits per heavy atom. The normalized spacial score (nSPS) is 15.8. The molecule has 0 bridgehead atoms. The molecule has 0 radical (unpaired) electrons. The van der Waals surface area contributed by atoms with E-state index in [2.05, 4.69) is 20.7 Å². The third-order valence-corrected chi connectivity index (χ3v) is 7.00. The van der Waals surface area contributed by atoms with E-state index >= 15 is 0 Å². The second-order valence-electron chi connectivity index (χ2n) is 9.66. The molecule has 13 heteroatoms. The maximum Gasteiger partial charge on any atom is 0.422 e. The standard InChI is InChI=1S/C26H22ClF3N6O3/c1-14-9-15(12-31)10-17(23(37)34-25(6-7-25)16-4-5-16)21(14)33-24(38)19-11-20(39-13-26(28,29)30)35-36(19)22-18(27)3-2-8-32-22/h2-3,8-11,16H,4-7,13H2,1H3,(H,33,38)(H,34,37). The summed E-state index contributed by atoms with van der Waals surface area (Å²) in [6.45, 7) is 0.00855. The van der Waals surface area contributed by atoms with Crippen LogP contribution in [0, 0.1) is 24.2 Å². The summed E-state index contributed by atoms with van der Waals surface area (Å²) in [5, 5.41) is 19.3. The minimum absolute atomic E-state index is 0.0131. The van der Waals surface area contributed by atoms with Crippen molar-refractivity contribution in [1.29, 1.82) is 5.26 Å². The Labute approximate surface area is 225 Å². The first-order valence-corrected chi connectivity index (χ1v) is 12.5. The lowest BCUT2D eigenvalue weighted by Gasteiger charge is -2.20. The predicted octanol–water partition coefficient (Wildman–Crippen LogP) is 4.97. The third-order valence-electron chi connectivity index (χ3n) is 6.70. The van der Waals surface area contributed by atoms with Crippen LogP contribution in [0.3, 0.4) is 0 Å². The van der Waals surface area contributed by atoms with Gasteiger partial charge in [-0.2, -0.15) is 18.4 Å². The Morgan fingerprint density at radius 2 is 2.00 bits per heavy atom. The topological polar surface area (TPSA) is 122 Å².